The van der Waals surface area contributed by atoms with Crippen LogP contribution in [0.25, 0.3) is 6.08 Å². The van der Waals surface area contributed by atoms with Gasteiger partial charge in [0.25, 0.3) is 0 Å². The van der Waals surface area contributed by atoms with E-state index in [4.69, 9.17) is 0 Å². The van der Waals surface area contributed by atoms with Crippen LogP contribution < -0.4 is 0 Å². The van der Waals surface area contributed by atoms with Crippen molar-refractivity contribution < 1.29 is 4.79 Å². The number of aromatic nitrogens is 2. The minimum Gasteiger partial charge on any atom is -0.288 e. The highest BCUT2D eigenvalue weighted by Crippen LogP contribution is 2.45. The number of hydrogen-bond acceptors (Lipinski definition) is 6. The predicted octanol–water partition coefficient (Wildman–Crippen LogP) is 6.27. The van der Waals surface area contributed by atoms with Gasteiger partial charge >= 0.3 is 0 Å². The number of carbonyl (C=O) groups excluding carboxylic acids is 1. The van der Waals surface area contributed by atoms with Crippen LogP contribution in [0.2, 0.25) is 0 Å². The van der Waals surface area contributed by atoms with Crippen LogP contribution in [0, 0.1) is 0 Å². The number of benzene rings is 3. The summed E-state index contributed by atoms with van der Waals surface area (Å²) < 4.78 is 8.61. The molecule has 5 rings (SSSR count). The number of carbonyl (C=O) groups is 1. The Balaban J connectivity index is 1.69. The highest BCUT2D eigenvalue weighted by atomic mass is 32.2. The molecule has 1 atom stereocenters. The van der Waals surface area contributed by atoms with E-state index in [0.29, 0.717) is 0 Å². The van der Waals surface area contributed by atoms with E-state index in [9.17, 15) is 4.79 Å². The van der Waals surface area contributed by atoms with Crippen LogP contribution in [0.5, 0.6) is 0 Å². The van der Waals surface area contributed by atoms with Crippen molar-refractivity contribution in [1.82, 2.24) is 13.6 Å². The van der Waals surface area contributed by atoms with Crippen molar-refractivity contribution in [2.75, 3.05) is 13.1 Å². The van der Waals surface area contributed by atoms with Gasteiger partial charge < -0.3 is 0 Å². The van der Waals surface area contributed by atoms with E-state index in [1.807, 2.05) is 0 Å². The molecule has 1 fully saturated rings. The van der Waals surface area contributed by atoms with Crippen LogP contribution in [0.1, 0.15) is 35.7 Å². The molecule has 1 aromatic heterocycles. The summed E-state index contributed by atoms with van der Waals surface area (Å²) in [5.74, 6) is 0. The van der Waals surface area contributed by atoms with Gasteiger partial charge in [-0.3, -0.25) is 9.69 Å². The third-order valence-electron chi connectivity index (χ3n) is 6.52. The largest absolute Gasteiger partial charge is 0.288 e. The lowest BCUT2D eigenvalue weighted by Gasteiger charge is -2.49. The van der Waals surface area contributed by atoms with E-state index < -0.39 is 5.54 Å². The summed E-state index contributed by atoms with van der Waals surface area (Å²) in [6, 6.07) is 32.3. The first kappa shape index (κ1) is 23.7. The SMILES string of the molecule is CC(=O)SC1CCN(C(c2ccccc2)(c2ccccc2)c2ccccc2)CC1=Cc1cnsn1. The van der Waals surface area contributed by atoms with Gasteiger partial charge in [-0.05, 0) is 34.8 Å². The van der Waals surface area contributed by atoms with E-state index >= 15 is 0 Å². The molecular weight excluding hydrogens is 470 g/mol. The number of piperidine rings is 1. The monoisotopic (exact) mass is 497 g/mol. The Bertz CT molecular complexity index is 1180. The molecule has 0 amide bonds. The Morgan fingerprint density at radius 1 is 0.943 bits per heavy atom. The van der Waals surface area contributed by atoms with Gasteiger partial charge in [0.15, 0.2) is 5.12 Å². The molecule has 35 heavy (non-hydrogen) atoms. The van der Waals surface area contributed by atoms with Gasteiger partial charge in [0, 0.05) is 25.3 Å². The lowest BCUT2D eigenvalue weighted by atomic mass is 9.74. The zero-order valence-electron chi connectivity index (χ0n) is 19.6. The summed E-state index contributed by atoms with van der Waals surface area (Å²) >= 11 is 2.64. The number of hydrogen-bond donors (Lipinski definition) is 0. The third kappa shape index (κ3) is 4.87. The zero-order valence-corrected chi connectivity index (χ0v) is 21.2. The summed E-state index contributed by atoms with van der Waals surface area (Å²) in [5.41, 5.74) is 5.26. The summed E-state index contributed by atoms with van der Waals surface area (Å²) in [6.07, 6.45) is 4.80. The molecule has 0 saturated carbocycles. The van der Waals surface area contributed by atoms with Crippen molar-refractivity contribution in [3.8, 4) is 0 Å². The Morgan fingerprint density at radius 3 is 1.94 bits per heavy atom. The van der Waals surface area contributed by atoms with E-state index in [1.165, 1.54) is 45.8 Å². The molecule has 0 aliphatic carbocycles. The van der Waals surface area contributed by atoms with Crippen molar-refractivity contribution in [3.63, 3.8) is 0 Å². The molecule has 1 aliphatic heterocycles. The fourth-order valence-corrected chi connectivity index (χ4v) is 6.45. The van der Waals surface area contributed by atoms with E-state index in [-0.39, 0.29) is 10.4 Å². The molecule has 3 aromatic carbocycles. The fraction of sp³-hybridized carbons (Fsp3) is 0.207. The Morgan fingerprint density at radius 2 is 1.49 bits per heavy atom. The molecule has 0 N–H and O–H groups in total. The predicted molar refractivity (Wildman–Crippen MR) is 145 cm³/mol. The number of rotatable bonds is 6. The van der Waals surface area contributed by atoms with Crippen LogP contribution in [0.15, 0.2) is 103 Å². The van der Waals surface area contributed by atoms with Crippen molar-refractivity contribution in [3.05, 3.63) is 125 Å². The molecule has 0 radical (unpaired) electrons. The lowest BCUT2D eigenvalue weighted by Crippen LogP contribution is -2.52. The minimum atomic E-state index is -0.477. The summed E-state index contributed by atoms with van der Waals surface area (Å²) in [7, 11) is 0. The minimum absolute atomic E-state index is 0.130. The van der Waals surface area contributed by atoms with Crippen LogP contribution in [-0.4, -0.2) is 37.1 Å². The van der Waals surface area contributed by atoms with Gasteiger partial charge in [0.2, 0.25) is 0 Å². The van der Waals surface area contributed by atoms with Gasteiger partial charge in [-0.1, -0.05) is 103 Å². The van der Waals surface area contributed by atoms with Crippen molar-refractivity contribution in [1.29, 1.82) is 0 Å². The fourth-order valence-electron chi connectivity index (χ4n) is 5.13. The van der Waals surface area contributed by atoms with Gasteiger partial charge in [-0.2, -0.15) is 8.75 Å². The average molecular weight is 498 g/mol. The third-order valence-corrected chi connectivity index (χ3v) is 8.16. The molecule has 4 aromatic rings. The second kappa shape index (κ2) is 10.7. The van der Waals surface area contributed by atoms with Gasteiger partial charge in [-0.25, -0.2) is 0 Å². The Hall–Kier alpha value is -3.06. The van der Waals surface area contributed by atoms with Crippen LogP contribution in [0.4, 0.5) is 0 Å². The maximum Gasteiger partial charge on any atom is 0.186 e. The highest BCUT2D eigenvalue weighted by molar-refractivity contribution is 8.14. The van der Waals surface area contributed by atoms with Gasteiger partial charge in [0.1, 0.15) is 0 Å². The van der Waals surface area contributed by atoms with E-state index in [1.54, 1.807) is 13.1 Å². The van der Waals surface area contributed by atoms with Crippen molar-refractivity contribution in [2.24, 2.45) is 0 Å². The molecular formula is C29H27N3OS2. The van der Waals surface area contributed by atoms with Crippen molar-refractivity contribution in [2.45, 2.75) is 24.1 Å². The Kier molecular flexibility index (Phi) is 7.23. The maximum atomic E-state index is 12.1. The average Bonchev–Trinajstić information content (AvgIpc) is 3.41. The molecule has 4 nitrogen and oxygen atoms in total. The summed E-state index contributed by atoms with van der Waals surface area (Å²) in [5, 5.41) is 0.275. The smallest absolute Gasteiger partial charge is 0.186 e. The first-order chi connectivity index (χ1) is 17.2. The topological polar surface area (TPSA) is 46.1 Å². The lowest BCUT2D eigenvalue weighted by molar-refractivity contribution is -0.109. The van der Waals surface area contributed by atoms with Crippen LogP contribution in [-0.2, 0) is 10.3 Å². The molecule has 1 unspecified atom stereocenters. The Labute approximate surface area is 215 Å². The van der Waals surface area contributed by atoms with E-state index in [0.717, 1.165) is 25.2 Å². The second-order valence-electron chi connectivity index (χ2n) is 8.67. The standard InChI is InChI=1S/C29H27N3OS2/c1-22(33)34-28-17-18-32(21-23(28)19-27-20-30-35-31-27)29(24-11-5-2-6-12-24,25-13-7-3-8-14-25)26-15-9-4-10-16-26/h2-16,19-20,28H,17-18,21H2,1H3. The molecule has 2 heterocycles. The van der Waals surface area contributed by atoms with Gasteiger partial charge in [-0.15, -0.1) is 0 Å². The van der Waals surface area contributed by atoms with Crippen molar-refractivity contribution >= 4 is 34.7 Å². The summed E-state index contributed by atoms with van der Waals surface area (Å²) in [4.78, 5) is 14.7. The zero-order chi connectivity index (χ0) is 24.1. The normalized spacial score (nSPS) is 18.0. The van der Waals surface area contributed by atoms with Crippen LogP contribution >= 0.6 is 23.5 Å². The molecule has 6 heteroatoms. The van der Waals surface area contributed by atoms with E-state index in [2.05, 4.69) is 111 Å². The molecule has 1 saturated heterocycles. The first-order valence-electron chi connectivity index (χ1n) is 11.7. The number of likely N-dealkylation sites (tertiary alicyclic amines) is 1. The second-order valence-corrected chi connectivity index (χ2v) is 10.6. The quantitative estimate of drug-likeness (QED) is 0.294. The van der Waals surface area contributed by atoms with Gasteiger partial charge in [0.05, 0.1) is 29.2 Å². The molecule has 0 spiro atoms. The number of thioether (sulfide) groups is 1. The number of nitrogens with zero attached hydrogens (tertiary/aromatic N) is 3. The maximum absolute atomic E-state index is 12.1. The first-order valence-corrected chi connectivity index (χ1v) is 13.4. The highest BCUT2D eigenvalue weighted by Gasteiger charge is 2.44. The molecule has 0 bridgehead atoms. The molecule has 176 valence electrons. The molecule has 1 aliphatic rings. The summed E-state index contributed by atoms with van der Waals surface area (Å²) in [6.45, 7) is 3.23. The van der Waals surface area contributed by atoms with Crippen LogP contribution in [0.3, 0.4) is 0 Å².